The lowest BCUT2D eigenvalue weighted by Crippen LogP contribution is -2.31. The van der Waals surface area contributed by atoms with Crippen molar-refractivity contribution in [1.29, 1.82) is 0 Å². The molecule has 112 valence electrons. The van der Waals surface area contributed by atoms with E-state index in [-0.39, 0.29) is 0 Å². The maximum atomic E-state index is 11.1. The third kappa shape index (κ3) is 4.23. The Hall–Kier alpha value is -2.01. The monoisotopic (exact) mass is 308 g/mol. The van der Waals surface area contributed by atoms with Gasteiger partial charge in [-0.3, -0.25) is 4.79 Å². The van der Waals surface area contributed by atoms with Crippen LogP contribution < -0.4 is 4.90 Å². The summed E-state index contributed by atoms with van der Waals surface area (Å²) in [6, 6.07) is 9.25. The molecule has 0 aliphatic rings. The van der Waals surface area contributed by atoms with Crippen LogP contribution in [-0.2, 0) is 11.3 Å². The van der Waals surface area contributed by atoms with Crippen molar-refractivity contribution in [3.05, 3.63) is 46.7 Å². The number of benzene rings is 1. The minimum atomic E-state index is -0.841. The summed E-state index contributed by atoms with van der Waals surface area (Å²) < 4.78 is 5.08. The van der Waals surface area contributed by atoms with Gasteiger partial charge in [0.25, 0.3) is 0 Å². The Balaban J connectivity index is 2.21. The maximum absolute atomic E-state index is 11.1. The summed E-state index contributed by atoms with van der Waals surface area (Å²) in [6.07, 6.45) is 0. The number of aromatic nitrogens is 1. The molecular weight excluding hydrogens is 292 g/mol. The molecule has 0 aliphatic carbocycles. The van der Waals surface area contributed by atoms with Gasteiger partial charge in [0.15, 0.2) is 5.82 Å². The Morgan fingerprint density at radius 3 is 2.81 bits per heavy atom. The largest absolute Gasteiger partial charge is 0.481 e. The second kappa shape index (κ2) is 6.63. The number of rotatable bonds is 6. The second-order valence-electron chi connectivity index (χ2n) is 5.05. The van der Waals surface area contributed by atoms with Crippen molar-refractivity contribution in [1.82, 2.24) is 5.16 Å². The lowest BCUT2D eigenvalue weighted by molar-refractivity contribution is -0.140. The lowest BCUT2D eigenvalue weighted by Gasteiger charge is -2.23. The van der Waals surface area contributed by atoms with Gasteiger partial charge >= 0.3 is 5.97 Å². The number of hydrogen-bond acceptors (Lipinski definition) is 4. The van der Waals surface area contributed by atoms with E-state index in [0.717, 1.165) is 5.56 Å². The number of aryl methyl sites for hydroxylation is 1. The Labute approximate surface area is 128 Å². The van der Waals surface area contributed by atoms with Gasteiger partial charge in [-0.25, -0.2) is 0 Å². The van der Waals surface area contributed by atoms with Crippen molar-refractivity contribution in [2.75, 3.05) is 11.4 Å². The quantitative estimate of drug-likeness (QED) is 0.886. The maximum Gasteiger partial charge on any atom is 0.308 e. The van der Waals surface area contributed by atoms with Gasteiger partial charge < -0.3 is 14.5 Å². The number of carboxylic acid groups (broad SMARTS) is 1. The highest BCUT2D eigenvalue weighted by Crippen LogP contribution is 2.20. The average molecular weight is 309 g/mol. The highest BCUT2D eigenvalue weighted by Gasteiger charge is 2.19. The summed E-state index contributed by atoms with van der Waals surface area (Å²) in [7, 11) is 0. The highest BCUT2D eigenvalue weighted by molar-refractivity contribution is 6.30. The molecule has 1 aromatic carbocycles. The zero-order valence-electron chi connectivity index (χ0n) is 11.9. The van der Waals surface area contributed by atoms with Crippen LogP contribution in [-0.4, -0.2) is 22.8 Å². The van der Waals surface area contributed by atoms with E-state index in [2.05, 4.69) is 5.16 Å². The lowest BCUT2D eigenvalue weighted by atomic mass is 10.1. The molecule has 2 rings (SSSR count). The zero-order chi connectivity index (χ0) is 15.4. The van der Waals surface area contributed by atoms with Gasteiger partial charge in [0.05, 0.1) is 5.92 Å². The van der Waals surface area contributed by atoms with Crippen molar-refractivity contribution < 1.29 is 14.4 Å². The topological polar surface area (TPSA) is 66.6 Å². The highest BCUT2D eigenvalue weighted by atomic mass is 35.5. The average Bonchev–Trinajstić information content (AvgIpc) is 2.84. The van der Waals surface area contributed by atoms with Crippen LogP contribution in [0.3, 0.4) is 0 Å². The van der Waals surface area contributed by atoms with E-state index in [4.69, 9.17) is 21.2 Å². The summed E-state index contributed by atoms with van der Waals surface area (Å²) in [5.41, 5.74) is 0.987. The smallest absolute Gasteiger partial charge is 0.308 e. The van der Waals surface area contributed by atoms with Crippen molar-refractivity contribution >= 4 is 23.4 Å². The summed E-state index contributed by atoms with van der Waals surface area (Å²) >= 11 is 5.99. The Morgan fingerprint density at radius 1 is 1.48 bits per heavy atom. The van der Waals surface area contributed by atoms with Crippen LogP contribution in [0.15, 0.2) is 34.9 Å². The molecule has 6 heteroatoms. The van der Waals surface area contributed by atoms with Crippen LogP contribution in [0.4, 0.5) is 5.82 Å². The summed E-state index contributed by atoms with van der Waals surface area (Å²) in [5.74, 6) is -0.0443. The standard InChI is InChI=1S/C15H17ClN2O3/c1-10(15(19)20)8-18(14-6-11(2)21-17-14)9-12-4-3-5-13(16)7-12/h3-7,10H,8-9H2,1-2H3,(H,19,20). The fraction of sp³-hybridized carbons (Fsp3) is 0.333. The van der Waals surface area contributed by atoms with Gasteiger partial charge in [-0.05, 0) is 24.6 Å². The number of anilines is 1. The van der Waals surface area contributed by atoms with Crippen LogP contribution in [0, 0.1) is 12.8 Å². The van der Waals surface area contributed by atoms with E-state index in [1.54, 1.807) is 26.0 Å². The second-order valence-corrected chi connectivity index (χ2v) is 5.48. The molecule has 0 radical (unpaired) electrons. The van der Waals surface area contributed by atoms with Gasteiger partial charge in [-0.2, -0.15) is 0 Å². The third-order valence-corrected chi connectivity index (χ3v) is 3.35. The molecule has 0 aliphatic heterocycles. The first kappa shape index (κ1) is 15.4. The minimum Gasteiger partial charge on any atom is -0.481 e. The summed E-state index contributed by atoms with van der Waals surface area (Å²) in [5, 5.41) is 13.7. The molecule has 1 heterocycles. The molecule has 2 aromatic rings. The van der Waals surface area contributed by atoms with Crippen LogP contribution in [0.1, 0.15) is 18.2 Å². The number of nitrogens with zero attached hydrogens (tertiary/aromatic N) is 2. The molecule has 1 N–H and O–H groups in total. The van der Waals surface area contributed by atoms with Crippen molar-refractivity contribution in [3.8, 4) is 0 Å². The Morgan fingerprint density at radius 2 is 2.24 bits per heavy atom. The molecule has 1 aromatic heterocycles. The molecule has 0 spiro atoms. The SMILES string of the molecule is Cc1cc(N(Cc2cccc(Cl)c2)CC(C)C(=O)O)no1. The van der Waals surface area contributed by atoms with Crippen molar-refractivity contribution in [2.45, 2.75) is 20.4 Å². The number of halogens is 1. The number of carboxylic acids is 1. The third-order valence-electron chi connectivity index (χ3n) is 3.12. The minimum absolute atomic E-state index is 0.341. The Bertz CT molecular complexity index is 627. The first-order valence-electron chi connectivity index (χ1n) is 6.61. The fourth-order valence-electron chi connectivity index (χ4n) is 2.01. The zero-order valence-corrected chi connectivity index (χ0v) is 12.7. The number of aliphatic carboxylic acids is 1. The molecule has 0 saturated carbocycles. The molecule has 0 bridgehead atoms. The predicted octanol–water partition coefficient (Wildman–Crippen LogP) is 3.36. The number of hydrogen-bond donors (Lipinski definition) is 1. The fourth-order valence-corrected chi connectivity index (χ4v) is 2.22. The summed E-state index contributed by atoms with van der Waals surface area (Å²) in [6.45, 7) is 4.33. The van der Waals surface area contributed by atoms with Crippen molar-refractivity contribution in [2.24, 2.45) is 5.92 Å². The molecule has 0 amide bonds. The molecular formula is C15H17ClN2O3. The molecule has 0 saturated heterocycles. The molecule has 21 heavy (non-hydrogen) atoms. The normalized spacial score (nSPS) is 12.1. The molecule has 1 atom stereocenters. The van der Waals surface area contributed by atoms with Gasteiger partial charge in [0.2, 0.25) is 0 Å². The van der Waals surface area contributed by atoms with Crippen LogP contribution in [0.5, 0.6) is 0 Å². The predicted molar refractivity (Wildman–Crippen MR) is 80.5 cm³/mol. The first-order chi connectivity index (χ1) is 9.95. The van der Waals surface area contributed by atoms with Gasteiger partial charge in [0.1, 0.15) is 5.76 Å². The van der Waals surface area contributed by atoms with E-state index >= 15 is 0 Å². The van der Waals surface area contributed by atoms with E-state index < -0.39 is 11.9 Å². The number of carbonyl (C=O) groups is 1. The van der Waals surface area contributed by atoms with Crippen LogP contribution in [0.2, 0.25) is 5.02 Å². The van der Waals surface area contributed by atoms with E-state index in [9.17, 15) is 4.79 Å². The van der Waals surface area contributed by atoms with E-state index in [1.807, 2.05) is 23.1 Å². The first-order valence-corrected chi connectivity index (χ1v) is 6.99. The van der Waals surface area contributed by atoms with Gasteiger partial charge in [-0.15, -0.1) is 0 Å². The molecule has 1 unspecified atom stereocenters. The van der Waals surface area contributed by atoms with E-state index in [1.165, 1.54) is 0 Å². The van der Waals surface area contributed by atoms with E-state index in [0.29, 0.717) is 29.7 Å². The van der Waals surface area contributed by atoms with Gasteiger partial charge in [0, 0.05) is 24.2 Å². The molecule has 0 fully saturated rings. The van der Waals surface area contributed by atoms with Crippen molar-refractivity contribution in [3.63, 3.8) is 0 Å². The van der Waals surface area contributed by atoms with Crippen LogP contribution >= 0.6 is 11.6 Å². The van der Waals surface area contributed by atoms with Crippen LogP contribution in [0.25, 0.3) is 0 Å². The molecule has 5 nitrogen and oxygen atoms in total. The Kier molecular flexibility index (Phi) is 4.85. The summed E-state index contributed by atoms with van der Waals surface area (Å²) in [4.78, 5) is 13.0. The van der Waals surface area contributed by atoms with Gasteiger partial charge in [-0.1, -0.05) is 35.8 Å².